The second-order valence-corrected chi connectivity index (χ2v) is 5.87. The van der Waals surface area contributed by atoms with Crippen LogP contribution in [0.25, 0.3) is 0 Å². The number of ether oxygens (including phenoxy) is 3. The van der Waals surface area contributed by atoms with E-state index in [1.807, 2.05) is 38.1 Å². The van der Waals surface area contributed by atoms with Crippen molar-refractivity contribution in [2.75, 3.05) is 13.2 Å². The van der Waals surface area contributed by atoms with Crippen LogP contribution < -0.4 is 4.74 Å². The number of para-hydroxylation sites is 1. The van der Waals surface area contributed by atoms with E-state index in [4.69, 9.17) is 14.2 Å². The van der Waals surface area contributed by atoms with Gasteiger partial charge in [0.1, 0.15) is 5.75 Å². The van der Waals surface area contributed by atoms with E-state index in [9.17, 15) is 9.90 Å². The summed E-state index contributed by atoms with van der Waals surface area (Å²) in [7, 11) is 0. The van der Waals surface area contributed by atoms with Crippen LogP contribution >= 0.6 is 0 Å². The number of fused-ring (bicyclic) bond motifs is 1. The molecule has 1 aromatic carbocycles. The van der Waals surface area contributed by atoms with Crippen LogP contribution in [0.2, 0.25) is 0 Å². The van der Waals surface area contributed by atoms with Crippen molar-refractivity contribution in [3.05, 3.63) is 52.8 Å². The fourth-order valence-corrected chi connectivity index (χ4v) is 2.39. The fraction of sp³-hybridized carbons (Fsp3) is 0.421. The molecule has 0 bridgehead atoms. The van der Waals surface area contributed by atoms with Crippen molar-refractivity contribution in [1.29, 1.82) is 0 Å². The number of aliphatic hydroxyl groups is 1. The Morgan fingerprint density at radius 1 is 1.38 bits per heavy atom. The second-order valence-electron chi connectivity index (χ2n) is 5.87. The van der Waals surface area contributed by atoms with Crippen molar-refractivity contribution >= 4 is 5.97 Å². The summed E-state index contributed by atoms with van der Waals surface area (Å²) < 4.78 is 16.2. The first kappa shape index (κ1) is 18.1. The zero-order chi connectivity index (χ0) is 17.7. The number of aliphatic hydroxyl groups excluding tert-OH is 1. The zero-order valence-electron chi connectivity index (χ0n) is 14.5. The summed E-state index contributed by atoms with van der Waals surface area (Å²) in [4.78, 5) is 12.3. The Bertz CT molecular complexity index is 655. The van der Waals surface area contributed by atoms with E-state index in [0.29, 0.717) is 17.8 Å². The summed E-state index contributed by atoms with van der Waals surface area (Å²) in [6.07, 6.45) is 0.197. The van der Waals surface area contributed by atoms with Gasteiger partial charge in [0, 0.05) is 5.56 Å². The van der Waals surface area contributed by atoms with Gasteiger partial charge in [-0.25, -0.2) is 4.79 Å². The SMILES string of the molecule is CCOC(=O)/C(=C/OC(O)C(C)=C(C)C)C1COc2ccccc21. The average Bonchev–Trinajstić information content (AvgIpc) is 2.98. The molecule has 0 saturated carbocycles. The summed E-state index contributed by atoms with van der Waals surface area (Å²) in [5, 5.41) is 10.1. The Morgan fingerprint density at radius 2 is 2.08 bits per heavy atom. The maximum Gasteiger partial charge on any atom is 0.337 e. The molecular formula is C19H24O5. The number of carbonyl (C=O) groups excluding carboxylic acids is 1. The van der Waals surface area contributed by atoms with E-state index in [-0.39, 0.29) is 12.5 Å². The first-order valence-electron chi connectivity index (χ1n) is 8.02. The Labute approximate surface area is 142 Å². The standard InChI is InChI=1S/C19H24O5/c1-5-22-19(21)16(11-24-18(20)13(4)12(2)3)15-10-23-17-9-7-6-8-14(15)17/h6-9,11,15,18,20H,5,10H2,1-4H3/b16-11+. The van der Waals surface area contributed by atoms with Crippen molar-refractivity contribution in [2.45, 2.75) is 39.9 Å². The molecule has 1 heterocycles. The first-order chi connectivity index (χ1) is 11.5. The lowest BCUT2D eigenvalue weighted by Gasteiger charge is -2.16. The smallest absolute Gasteiger partial charge is 0.337 e. The molecule has 0 aliphatic carbocycles. The normalized spacial score (nSPS) is 17.5. The molecule has 0 saturated heterocycles. The minimum Gasteiger partial charge on any atom is -0.492 e. The Kier molecular flexibility index (Phi) is 6.04. The molecule has 24 heavy (non-hydrogen) atoms. The number of benzene rings is 1. The number of carbonyl (C=O) groups is 1. The highest BCUT2D eigenvalue weighted by Crippen LogP contribution is 2.38. The average molecular weight is 332 g/mol. The molecule has 1 N–H and O–H groups in total. The number of hydrogen-bond acceptors (Lipinski definition) is 5. The lowest BCUT2D eigenvalue weighted by atomic mass is 9.94. The molecule has 2 rings (SSSR count). The van der Waals surface area contributed by atoms with Crippen molar-refractivity contribution < 1.29 is 24.1 Å². The quantitative estimate of drug-likeness (QED) is 0.285. The van der Waals surface area contributed by atoms with Gasteiger partial charge in [-0.1, -0.05) is 23.8 Å². The third-order valence-electron chi connectivity index (χ3n) is 4.07. The predicted octanol–water partition coefficient (Wildman–Crippen LogP) is 3.30. The summed E-state index contributed by atoms with van der Waals surface area (Å²) in [6.45, 7) is 7.91. The van der Waals surface area contributed by atoms with Crippen LogP contribution in [-0.4, -0.2) is 30.6 Å². The number of allylic oxidation sites excluding steroid dienone is 1. The highest BCUT2D eigenvalue weighted by Gasteiger charge is 2.32. The van der Waals surface area contributed by atoms with Gasteiger partial charge in [0.05, 0.1) is 31.0 Å². The van der Waals surface area contributed by atoms with Gasteiger partial charge in [-0.2, -0.15) is 0 Å². The number of hydrogen-bond donors (Lipinski definition) is 1. The van der Waals surface area contributed by atoms with E-state index in [1.165, 1.54) is 6.26 Å². The maximum atomic E-state index is 12.3. The van der Waals surface area contributed by atoms with E-state index < -0.39 is 12.3 Å². The molecule has 1 aromatic rings. The van der Waals surface area contributed by atoms with Gasteiger partial charge in [0.25, 0.3) is 0 Å². The minimum absolute atomic E-state index is 0.265. The van der Waals surface area contributed by atoms with Gasteiger partial charge in [-0.15, -0.1) is 0 Å². The summed E-state index contributed by atoms with van der Waals surface area (Å²) in [5.74, 6) is 0.00282. The molecule has 2 unspecified atom stereocenters. The monoisotopic (exact) mass is 332 g/mol. The maximum absolute atomic E-state index is 12.3. The lowest BCUT2D eigenvalue weighted by molar-refractivity contribution is -0.139. The Hall–Kier alpha value is -2.27. The first-order valence-corrected chi connectivity index (χ1v) is 8.02. The third-order valence-corrected chi connectivity index (χ3v) is 4.07. The van der Waals surface area contributed by atoms with Crippen LogP contribution in [-0.2, 0) is 14.3 Å². The van der Waals surface area contributed by atoms with Crippen LogP contribution in [0.5, 0.6) is 5.75 Å². The molecule has 5 heteroatoms. The molecule has 2 atom stereocenters. The molecular weight excluding hydrogens is 308 g/mol. The largest absolute Gasteiger partial charge is 0.492 e. The van der Waals surface area contributed by atoms with Gasteiger partial charge in [-0.3, -0.25) is 0 Å². The number of rotatable bonds is 6. The molecule has 0 amide bonds. The van der Waals surface area contributed by atoms with Crippen LogP contribution in [0, 0.1) is 0 Å². The molecule has 1 aliphatic rings. The number of esters is 1. The van der Waals surface area contributed by atoms with Crippen molar-refractivity contribution in [3.63, 3.8) is 0 Å². The van der Waals surface area contributed by atoms with Crippen LogP contribution in [0.4, 0.5) is 0 Å². The second kappa shape index (κ2) is 8.02. The van der Waals surface area contributed by atoms with Crippen molar-refractivity contribution in [2.24, 2.45) is 0 Å². The van der Waals surface area contributed by atoms with Gasteiger partial charge < -0.3 is 19.3 Å². The lowest BCUT2D eigenvalue weighted by Crippen LogP contribution is -2.18. The molecule has 130 valence electrons. The third kappa shape index (κ3) is 3.97. The molecule has 0 spiro atoms. The van der Waals surface area contributed by atoms with E-state index in [0.717, 1.165) is 16.9 Å². The molecule has 1 aliphatic heterocycles. The zero-order valence-corrected chi connectivity index (χ0v) is 14.5. The minimum atomic E-state index is -1.10. The molecule has 0 fully saturated rings. The fourth-order valence-electron chi connectivity index (χ4n) is 2.39. The van der Waals surface area contributed by atoms with Crippen molar-refractivity contribution in [1.82, 2.24) is 0 Å². The Balaban J connectivity index is 2.28. The van der Waals surface area contributed by atoms with E-state index >= 15 is 0 Å². The van der Waals surface area contributed by atoms with E-state index in [2.05, 4.69) is 0 Å². The van der Waals surface area contributed by atoms with Gasteiger partial charge in [-0.05, 0) is 39.3 Å². The summed E-state index contributed by atoms with van der Waals surface area (Å²) >= 11 is 0. The highest BCUT2D eigenvalue weighted by molar-refractivity contribution is 5.90. The van der Waals surface area contributed by atoms with Crippen LogP contribution in [0.1, 0.15) is 39.2 Å². The highest BCUT2D eigenvalue weighted by atomic mass is 16.6. The van der Waals surface area contributed by atoms with Crippen LogP contribution in [0.15, 0.2) is 47.2 Å². The summed E-state index contributed by atoms with van der Waals surface area (Å²) in [6, 6.07) is 7.55. The predicted molar refractivity (Wildman–Crippen MR) is 90.5 cm³/mol. The Morgan fingerprint density at radius 3 is 2.75 bits per heavy atom. The van der Waals surface area contributed by atoms with Crippen molar-refractivity contribution in [3.8, 4) is 5.75 Å². The molecule has 0 aromatic heterocycles. The summed E-state index contributed by atoms with van der Waals surface area (Å²) in [5.41, 5.74) is 2.91. The van der Waals surface area contributed by atoms with Gasteiger partial charge in [0.15, 0.2) is 0 Å². The van der Waals surface area contributed by atoms with Gasteiger partial charge in [0.2, 0.25) is 6.29 Å². The van der Waals surface area contributed by atoms with Gasteiger partial charge >= 0.3 is 5.97 Å². The molecule has 0 radical (unpaired) electrons. The van der Waals surface area contributed by atoms with E-state index in [1.54, 1.807) is 13.8 Å². The molecule has 5 nitrogen and oxygen atoms in total. The van der Waals surface area contributed by atoms with Crippen LogP contribution in [0.3, 0.4) is 0 Å². The topological polar surface area (TPSA) is 65.0 Å².